The van der Waals surface area contributed by atoms with E-state index in [0.29, 0.717) is 51.2 Å². The predicted octanol–water partition coefficient (Wildman–Crippen LogP) is 7.25. The average molecular weight is 694 g/mol. The number of ether oxygens (including phenoxy) is 3. The summed E-state index contributed by atoms with van der Waals surface area (Å²) in [7, 11) is 1.99. The number of nitrogens with zero attached hydrogens (tertiary/aromatic N) is 5. The lowest BCUT2D eigenvalue weighted by Crippen LogP contribution is -2.40. The molecule has 0 saturated carbocycles. The largest absolute Gasteiger partial charge is 0.375 e. The summed E-state index contributed by atoms with van der Waals surface area (Å²) in [5.41, 5.74) is 0.0953. The smallest absolute Gasteiger partial charge is 0.138 e. The highest BCUT2D eigenvalue weighted by atomic mass is 16.7. The molecule has 1 aromatic rings. The zero-order valence-corrected chi connectivity index (χ0v) is 33.9. The van der Waals surface area contributed by atoms with Gasteiger partial charge in [-0.2, -0.15) is 5.06 Å². The molecule has 0 unspecified atom stereocenters. The Labute approximate surface area is 300 Å². The van der Waals surface area contributed by atoms with E-state index in [4.69, 9.17) is 19.0 Å². The number of hydrogen-bond donors (Lipinski definition) is 0. The standard InChI is InChI=1S/C39H75N5O5/c1-31(2)26-36(5,6)30-43-18-14-33(15-19-43)16-22-49-42(13)20-24-48-38(9,10)27-34-29-44(41-40-34)21-25-47-37(7,8)17-23-46-39(11,12)28-35(45)32(3)4/h29,31-33H,14-28,30H2,1-13H3. The number of likely N-dealkylation sites (tertiary alicyclic amines) is 1. The van der Waals surface area contributed by atoms with Crippen LogP contribution in [-0.4, -0.2) is 107 Å². The molecule has 10 heteroatoms. The Bertz CT molecular complexity index is 1080. The summed E-state index contributed by atoms with van der Waals surface area (Å²) in [5.74, 6) is 1.76. The molecule has 0 radical (unpaired) electrons. The minimum Gasteiger partial charge on any atom is -0.375 e. The summed E-state index contributed by atoms with van der Waals surface area (Å²) >= 11 is 0. The van der Waals surface area contributed by atoms with E-state index in [0.717, 1.165) is 37.0 Å². The maximum atomic E-state index is 12.1. The number of piperidine rings is 1. The van der Waals surface area contributed by atoms with Gasteiger partial charge >= 0.3 is 0 Å². The van der Waals surface area contributed by atoms with Crippen molar-refractivity contribution in [3.8, 4) is 0 Å². The summed E-state index contributed by atoms with van der Waals surface area (Å²) in [5, 5.41) is 10.6. The molecule has 1 aromatic heterocycles. The highest BCUT2D eigenvalue weighted by molar-refractivity contribution is 5.81. The summed E-state index contributed by atoms with van der Waals surface area (Å²) in [6.45, 7) is 33.0. The van der Waals surface area contributed by atoms with Crippen LogP contribution < -0.4 is 0 Å². The molecule has 0 bridgehead atoms. The Morgan fingerprint density at radius 1 is 0.898 bits per heavy atom. The maximum absolute atomic E-state index is 12.1. The Morgan fingerprint density at radius 3 is 2.16 bits per heavy atom. The Hall–Kier alpha value is -1.43. The quantitative estimate of drug-likeness (QED) is 0.0983. The van der Waals surface area contributed by atoms with Crippen molar-refractivity contribution in [3.05, 3.63) is 11.9 Å². The van der Waals surface area contributed by atoms with Gasteiger partial charge in [-0.25, -0.2) is 4.68 Å². The first-order valence-electron chi connectivity index (χ1n) is 19.1. The first-order chi connectivity index (χ1) is 22.7. The van der Waals surface area contributed by atoms with Crippen LogP contribution in [0.1, 0.15) is 127 Å². The highest BCUT2D eigenvalue weighted by Gasteiger charge is 2.28. The second kappa shape index (κ2) is 20.0. The zero-order valence-electron chi connectivity index (χ0n) is 33.9. The number of hydrogen-bond acceptors (Lipinski definition) is 9. The number of likely N-dealkylation sites (N-methyl/N-ethyl adjacent to an activating group) is 1. The van der Waals surface area contributed by atoms with Gasteiger partial charge in [0.25, 0.3) is 0 Å². The molecule has 1 aliphatic heterocycles. The molecule has 0 amide bonds. The molecule has 49 heavy (non-hydrogen) atoms. The maximum Gasteiger partial charge on any atom is 0.138 e. The van der Waals surface area contributed by atoms with Crippen molar-refractivity contribution in [2.45, 2.75) is 151 Å². The van der Waals surface area contributed by atoms with Crippen LogP contribution in [0.5, 0.6) is 0 Å². The fraction of sp³-hybridized carbons (Fsp3) is 0.923. The van der Waals surface area contributed by atoms with Crippen LogP contribution in [0.2, 0.25) is 0 Å². The molecular weight excluding hydrogens is 618 g/mol. The number of Topliss-reactive ketones (excluding diaryl/α,β-unsaturated/α-hetero) is 1. The van der Waals surface area contributed by atoms with E-state index >= 15 is 0 Å². The van der Waals surface area contributed by atoms with E-state index in [1.807, 2.05) is 50.7 Å². The van der Waals surface area contributed by atoms with Crippen LogP contribution in [0, 0.1) is 23.2 Å². The van der Waals surface area contributed by atoms with Crippen LogP contribution in [0.3, 0.4) is 0 Å². The van der Waals surface area contributed by atoms with Crippen LogP contribution in [0.4, 0.5) is 0 Å². The van der Waals surface area contributed by atoms with Gasteiger partial charge in [-0.05, 0) is 104 Å². The van der Waals surface area contributed by atoms with Gasteiger partial charge in [-0.1, -0.05) is 46.8 Å². The third-order valence-electron chi connectivity index (χ3n) is 9.50. The summed E-state index contributed by atoms with van der Waals surface area (Å²) in [4.78, 5) is 20.8. The molecule has 0 N–H and O–H groups in total. The first-order valence-corrected chi connectivity index (χ1v) is 19.1. The van der Waals surface area contributed by atoms with E-state index in [-0.39, 0.29) is 22.9 Å². The highest BCUT2D eigenvalue weighted by Crippen LogP contribution is 2.29. The van der Waals surface area contributed by atoms with Gasteiger partial charge < -0.3 is 19.1 Å². The Kier molecular flexibility index (Phi) is 17.8. The monoisotopic (exact) mass is 694 g/mol. The van der Waals surface area contributed by atoms with E-state index < -0.39 is 5.60 Å². The minimum atomic E-state index is -0.474. The summed E-state index contributed by atoms with van der Waals surface area (Å²) in [6, 6.07) is 0. The second-order valence-electron chi connectivity index (χ2n) is 18.0. The molecule has 0 atom stereocenters. The molecule has 2 rings (SSSR count). The number of aromatic nitrogens is 3. The van der Waals surface area contributed by atoms with Crippen molar-refractivity contribution in [3.63, 3.8) is 0 Å². The lowest BCUT2D eigenvalue weighted by Gasteiger charge is -2.38. The molecule has 2 heterocycles. The summed E-state index contributed by atoms with van der Waals surface area (Å²) < 4.78 is 20.3. The van der Waals surface area contributed by atoms with Gasteiger partial charge in [0.2, 0.25) is 0 Å². The normalized spacial score (nSPS) is 16.1. The number of hydroxylamine groups is 2. The third-order valence-corrected chi connectivity index (χ3v) is 9.50. The molecule has 286 valence electrons. The molecule has 1 fully saturated rings. The summed E-state index contributed by atoms with van der Waals surface area (Å²) in [6.07, 6.45) is 8.75. The Morgan fingerprint density at radius 2 is 1.53 bits per heavy atom. The van der Waals surface area contributed by atoms with Crippen molar-refractivity contribution in [1.82, 2.24) is 25.0 Å². The van der Waals surface area contributed by atoms with Gasteiger partial charge in [-0.15, -0.1) is 5.10 Å². The lowest BCUT2D eigenvalue weighted by molar-refractivity contribution is -0.159. The van der Waals surface area contributed by atoms with Gasteiger partial charge in [0, 0.05) is 45.1 Å². The number of ketones is 1. The zero-order chi connectivity index (χ0) is 36.9. The van der Waals surface area contributed by atoms with Gasteiger partial charge in [0.15, 0.2) is 0 Å². The molecular formula is C39H75N5O5. The molecule has 0 aromatic carbocycles. The number of carbonyl (C=O) groups is 1. The van der Waals surface area contributed by atoms with Gasteiger partial charge in [0.05, 0.1) is 55.5 Å². The lowest BCUT2D eigenvalue weighted by atomic mass is 9.82. The van der Waals surface area contributed by atoms with Crippen molar-refractivity contribution < 1.29 is 23.8 Å². The average Bonchev–Trinajstić information content (AvgIpc) is 3.38. The van der Waals surface area contributed by atoms with Crippen molar-refractivity contribution in [2.24, 2.45) is 23.2 Å². The number of carbonyl (C=O) groups excluding carboxylic acids is 1. The van der Waals surface area contributed by atoms with Crippen LogP contribution in [-0.2, 0) is 36.8 Å². The van der Waals surface area contributed by atoms with Crippen LogP contribution in [0.15, 0.2) is 6.20 Å². The van der Waals surface area contributed by atoms with Crippen molar-refractivity contribution in [2.75, 3.05) is 59.7 Å². The number of rotatable bonds is 25. The SMILES string of the molecule is CC(C)CC(C)(C)CN1CCC(CCON(C)CCOC(C)(C)Cc2cn(CCOC(C)(C)CCOC(C)(C)CC(=O)C(C)C)nn2)CC1. The van der Waals surface area contributed by atoms with Gasteiger partial charge in [0.1, 0.15) is 5.78 Å². The van der Waals surface area contributed by atoms with Crippen LogP contribution >= 0.6 is 0 Å². The third kappa shape index (κ3) is 19.1. The molecule has 10 nitrogen and oxygen atoms in total. The Balaban J connectivity index is 1.60. The minimum absolute atomic E-state index is 0.0248. The van der Waals surface area contributed by atoms with E-state index in [1.54, 1.807) is 0 Å². The molecule has 0 spiro atoms. The van der Waals surface area contributed by atoms with E-state index in [9.17, 15) is 4.79 Å². The fourth-order valence-corrected chi connectivity index (χ4v) is 6.85. The topological polar surface area (TPSA) is 91.2 Å². The molecule has 1 aliphatic rings. The van der Waals surface area contributed by atoms with E-state index in [2.05, 4.69) is 70.6 Å². The molecule has 1 saturated heterocycles. The first kappa shape index (κ1) is 43.7. The van der Waals surface area contributed by atoms with Gasteiger partial charge in [-0.3, -0.25) is 9.63 Å². The van der Waals surface area contributed by atoms with Crippen molar-refractivity contribution >= 4 is 5.78 Å². The van der Waals surface area contributed by atoms with Crippen LogP contribution in [0.25, 0.3) is 0 Å². The predicted molar refractivity (Wildman–Crippen MR) is 198 cm³/mol. The fourth-order valence-electron chi connectivity index (χ4n) is 6.85. The second-order valence-corrected chi connectivity index (χ2v) is 18.0. The van der Waals surface area contributed by atoms with Crippen molar-refractivity contribution in [1.29, 1.82) is 0 Å². The molecule has 0 aliphatic carbocycles. The van der Waals surface area contributed by atoms with E-state index in [1.165, 1.54) is 38.9 Å².